The van der Waals surface area contributed by atoms with Gasteiger partial charge >= 0.3 is 0 Å². The van der Waals surface area contributed by atoms with Crippen molar-refractivity contribution in [2.45, 2.75) is 11.5 Å². The maximum absolute atomic E-state index is 13.4. The number of rotatable bonds is 12. The molecule has 43 heavy (non-hydrogen) atoms. The number of hydrazone groups is 1. The van der Waals surface area contributed by atoms with Crippen molar-refractivity contribution < 1.29 is 27.6 Å². The normalized spacial score (nSPS) is 11.2. The zero-order valence-electron chi connectivity index (χ0n) is 22.5. The van der Waals surface area contributed by atoms with E-state index in [9.17, 15) is 23.3 Å². The van der Waals surface area contributed by atoms with Gasteiger partial charge in [0, 0.05) is 22.7 Å². The zero-order valence-corrected chi connectivity index (χ0v) is 25.7. The van der Waals surface area contributed by atoms with Gasteiger partial charge in [-0.25, -0.2) is 13.8 Å². The first kappa shape index (κ1) is 31.5. The fourth-order valence-corrected chi connectivity index (χ4v) is 6.05. The molecule has 0 aliphatic carbocycles. The van der Waals surface area contributed by atoms with Crippen molar-refractivity contribution in [2.75, 3.05) is 18.0 Å². The molecule has 222 valence electrons. The van der Waals surface area contributed by atoms with E-state index in [0.29, 0.717) is 26.6 Å². The van der Waals surface area contributed by atoms with Crippen LogP contribution < -0.4 is 19.2 Å². The number of hydrogen-bond acceptors (Lipinski definition) is 8. The molecule has 4 aromatic rings. The quantitative estimate of drug-likeness (QED) is 0.110. The third-order valence-corrected chi connectivity index (χ3v) is 8.70. The number of methoxy groups -OCH3 is 1. The highest BCUT2D eigenvalue weighted by molar-refractivity contribution is 9.10. The van der Waals surface area contributed by atoms with Crippen LogP contribution in [0.5, 0.6) is 11.5 Å². The summed E-state index contributed by atoms with van der Waals surface area (Å²) < 4.78 is 39.6. The van der Waals surface area contributed by atoms with E-state index in [0.717, 1.165) is 22.0 Å². The van der Waals surface area contributed by atoms with Crippen LogP contribution in [0.1, 0.15) is 11.1 Å². The Morgan fingerprint density at radius 2 is 1.74 bits per heavy atom. The van der Waals surface area contributed by atoms with Crippen molar-refractivity contribution in [2.24, 2.45) is 5.10 Å². The third kappa shape index (κ3) is 7.89. The average molecular weight is 688 g/mol. The molecule has 11 nitrogen and oxygen atoms in total. The SMILES string of the molecule is COc1cc(/C=N\NC(=O)CN(c2ccc([N+](=O)[O-])cc2)S(=O)(=O)c2ccccc2)cc(Br)c1OCc1ccccc1Cl. The maximum Gasteiger partial charge on any atom is 0.269 e. The second-order valence-corrected chi connectivity index (χ2v) is 11.9. The van der Waals surface area contributed by atoms with E-state index < -0.39 is 27.4 Å². The summed E-state index contributed by atoms with van der Waals surface area (Å²) >= 11 is 9.68. The maximum atomic E-state index is 13.4. The van der Waals surface area contributed by atoms with Gasteiger partial charge in [-0.1, -0.05) is 48.0 Å². The summed E-state index contributed by atoms with van der Waals surface area (Å²) in [6.07, 6.45) is 1.35. The molecule has 0 bridgehead atoms. The Labute approximate surface area is 261 Å². The predicted octanol–water partition coefficient (Wildman–Crippen LogP) is 5.94. The van der Waals surface area contributed by atoms with Crippen molar-refractivity contribution in [3.05, 3.63) is 122 Å². The molecule has 1 amide bonds. The summed E-state index contributed by atoms with van der Waals surface area (Å²) in [6.45, 7) is -0.441. The van der Waals surface area contributed by atoms with E-state index in [4.69, 9.17) is 21.1 Å². The summed E-state index contributed by atoms with van der Waals surface area (Å²) in [5, 5.41) is 15.6. The number of nitro benzene ring substituents is 1. The van der Waals surface area contributed by atoms with Crippen LogP contribution in [0.15, 0.2) is 105 Å². The number of sulfonamides is 1. The van der Waals surface area contributed by atoms with E-state index in [1.54, 1.807) is 36.4 Å². The first-order valence-electron chi connectivity index (χ1n) is 12.5. The molecule has 14 heteroatoms. The zero-order chi connectivity index (χ0) is 31.0. The van der Waals surface area contributed by atoms with Gasteiger partial charge in [0.1, 0.15) is 13.2 Å². The molecule has 0 atom stereocenters. The molecule has 4 aromatic carbocycles. The number of nitrogens with one attached hydrogen (secondary N) is 1. The highest BCUT2D eigenvalue weighted by atomic mass is 79.9. The molecular formula is C29H24BrClN4O7S. The molecule has 0 aromatic heterocycles. The highest BCUT2D eigenvalue weighted by Crippen LogP contribution is 2.37. The Morgan fingerprint density at radius 3 is 2.40 bits per heavy atom. The van der Waals surface area contributed by atoms with Gasteiger partial charge in [-0.05, 0) is 64.0 Å². The first-order valence-corrected chi connectivity index (χ1v) is 15.1. The lowest BCUT2D eigenvalue weighted by atomic mass is 10.2. The number of anilines is 1. The molecule has 0 spiro atoms. The standard InChI is InChI=1S/C29H24BrClN4O7S/c1-41-27-16-20(15-25(30)29(27)42-19-21-7-5-6-10-26(21)31)17-32-33-28(36)18-34(22-11-13-23(14-12-22)35(37)38)43(39,40)24-8-3-2-4-9-24/h2-17H,18-19H2,1H3,(H,33,36)/b32-17-. The largest absolute Gasteiger partial charge is 0.493 e. The van der Waals surface area contributed by atoms with Crippen molar-refractivity contribution >= 4 is 61.1 Å². The number of halogens is 2. The van der Waals surface area contributed by atoms with Gasteiger partial charge in [0.25, 0.3) is 21.6 Å². The molecular weight excluding hydrogens is 664 g/mol. The van der Waals surface area contributed by atoms with E-state index in [-0.39, 0.29) is 22.9 Å². The minimum absolute atomic E-state index is 0.0570. The number of ether oxygens (including phenoxy) is 2. The van der Waals surface area contributed by atoms with Gasteiger partial charge in [0.05, 0.1) is 33.3 Å². The Hall–Kier alpha value is -4.46. The number of benzene rings is 4. The minimum Gasteiger partial charge on any atom is -0.493 e. The number of carbonyl (C=O) groups is 1. The Kier molecular flexibility index (Phi) is 10.3. The van der Waals surface area contributed by atoms with Crippen LogP contribution >= 0.6 is 27.5 Å². The molecule has 0 radical (unpaired) electrons. The van der Waals surface area contributed by atoms with Gasteiger partial charge in [0.2, 0.25) is 0 Å². The lowest BCUT2D eigenvalue weighted by Gasteiger charge is -2.23. The average Bonchev–Trinajstić information content (AvgIpc) is 3.00. The monoisotopic (exact) mass is 686 g/mol. The number of amides is 1. The molecule has 0 saturated heterocycles. The summed E-state index contributed by atoms with van der Waals surface area (Å²) in [6, 6.07) is 23.0. The number of hydrogen-bond donors (Lipinski definition) is 1. The molecule has 4 rings (SSSR count). The van der Waals surface area contributed by atoms with Crippen molar-refractivity contribution in [3.63, 3.8) is 0 Å². The first-order chi connectivity index (χ1) is 20.6. The highest BCUT2D eigenvalue weighted by Gasteiger charge is 2.27. The molecule has 0 aliphatic heterocycles. The lowest BCUT2D eigenvalue weighted by Crippen LogP contribution is -2.39. The smallest absolute Gasteiger partial charge is 0.269 e. The number of nitrogens with zero attached hydrogens (tertiary/aromatic N) is 3. The van der Waals surface area contributed by atoms with Gasteiger partial charge in [-0.2, -0.15) is 5.10 Å². The number of non-ortho nitro benzene ring substituents is 1. The van der Waals surface area contributed by atoms with Crippen LogP contribution in [0.3, 0.4) is 0 Å². The van der Waals surface area contributed by atoms with Crippen molar-refractivity contribution in [1.82, 2.24) is 5.43 Å². The van der Waals surface area contributed by atoms with E-state index >= 15 is 0 Å². The van der Waals surface area contributed by atoms with Gasteiger partial charge < -0.3 is 9.47 Å². The van der Waals surface area contributed by atoms with E-state index in [2.05, 4.69) is 26.5 Å². The second kappa shape index (κ2) is 14.1. The molecule has 0 heterocycles. The Bertz CT molecular complexity index is 1750. The number of carbonyl (C=O) groups excluding carboxylic acids is 1. The molecule has 0 aliphatic rings. The van der Waals surface area contributed by atoms with Crippen LogP contribution in [-0.4, -0.2) is 39.1 Å². The molecule has 0 saturated carbocycles. The fourth-order valence-electron chi connectivity index (χ4n) is 3.84. The predicted molar refractivity (Wildman–Crippen MR) is 166 cm³/mol. The van der Waals surface area contributed by atoms with Crippen LogP contribution in [0.2, 0.25) is 5.02 Å². The van der Waals surface area contributed by atoms with Crippen LogP contribution in [0.25, 0.3) is 0 Å². The minimum atomic E-state index is -4.20. The molecule has 0 fully saturated rings. The Balaban J connectivity index is 1.50. The second-order valence-electron chi connectivity index (χ2n) is 8.81. The van der Waals surface area contributed by atoms with Gasteiger partial charge in [-0.3, -0.25) is 19.2 Å². The third-order valence-electron chi connectivity index (χ3n) is 5.95. The summed E-state index contributed by atoms with van der Waals surface area (Å²) in [7, 11) is -2.72. The molecule has 1 N–H and O–H groups in total. The lowest BCUT2D eigenvalue weighted by molar-refractivity contribution is -0.384. The van der Waals surface area contributed by atoms with Crippen LogP contribution in [0.4, 0.5) is 11.4 Å². The van der Waals surface area contributed by atoms with Crippen molar-refractivity contribution in [1.29, 1.82) is 0 Å². The van der Waals surface area contributed by atoms with Gasteiger partial charge in [-0.15, -0.1) is 0 Å². The summed E-state index contributed by atoms with van der Waals surface area (Å²) in [5.74, 6) is 0.0841. The van der Waals surface area contributed by atoms with E-state index in [1.807, 2.05) is 18.2 Å². The number of nitro groups is 1. The van der Waals surface area contributed by atoms with Gasteiger partial charge in [0.15, 0.2) is 11.5 Å². The summed E-state index contributed by atoms with van der Waals surface area (Å²) in [4.78, 5) is 23.3. The van der Waals surface area contributed by atoms with Crippen LogP contribution in [0, 0.1) is 10.1 Å². The summed E-state index contributed by atoms with van der Waals surface area (Å²) in [5.41, 5.74) is 3.50. The van der Waals surface area contributed by atoms with Crippen molar-refractivity contribution in [3.8, 4) is 11.5 Å². The molecule has 0 unspecified atom stereocenters. The fraction of sp³-hybridized carbons (Fsp3) is 0.103. The van der Waals surface area contributed by atoms with E-state index in [1.165, 1.54) is 37.6 Å². The topological polar surface area (TPSA) is 140 Å². The van der Waals surface area contributed by atoms with Crippen LogP contribution in [-0.2, 0) is 21.4 Å². The Morgan fingerprint density at radius 1 is 1.07 bits per heavy atom.